The number of benzene rings is 1. The first-order valence-electron chi connectivity index (χ1n) is 10.4. The molecule has 0 unspecified atom stereocenters. The lowest BCUT2D eigenvalue weighted by Gasteiger charge is -2.26. The first kappa shape index (κ1) is 23.7. The van der Waals surface area contributed by atoms with Crippen LogP contribution in [0.2, 0.25) is 0 Å². The van der Waals surface area contributed by atoms with Crippen LogP contribution >= 0.6 is 15.9 Å². The summed E-state index contributed by atoms with van der Waals surface area (Å²) in [6, 6.07) is 7.20. The Balaban J connectivity index is 1.75. The van der Waals surface area contributed by atoms with Crippen LogP contribution in [0.1, 0.15) is 50.3 Å². The lowest BCUT2D eigenvalue weighted by atomic mass is 10.1. The molecule has 1 amide bonds. The molecule has 2 aromatic heterocycles. The van der Waals surface area contributed by atoms with Crippen molar-refractivity contribution in [2.24, 2.45) is 0 Å². The first-order chi connectivity index (χ1) is 15.2. The van der Waals surface area contributed by atoms with Crippen molar-refractivity contribution in [2.45, 2.75) is 46.3 Å². The third-order valence-corrected chi connectivity index (χ3v) is 4.95. The van der Waals surface area contributed by atoms with Crippen molar-refractivity contribution in [2.75, 3.05) is 11.9 Å². The van der Waals surface area contributed by atoms with Crippen molar-refractivity contribution in [1.82, 2.24) is 19.9 Å². The molecular weight excluding hydrogens is 476 g/mol. The van der Waals surface area contributed by atoms with E-state index >= 15 is 0 Å². The van der Waals surface area contributed by atoms with Gasteiger partial charge in [-0.25, -0.2) is 14.8 Å². The fraction of sp³-hybridized carbons (Fsp3) is 0.391. The van der Waals surface area contributed by atoms with Crippen LogP contribution in [0.3, 0.4) is 0 Å². The highest BCUT2D eigenvalue weighted by Crippen LogP contribution is 2.26. The highest BCUT2D eigenvalue weighted by Gasteiger charge is 2.23. The van der Waals surface area contributed by atoms with Crippen molar-refractivity contribution in [1.29, 1.82) is 0 Å². The van der Waals surface area contributed by atoms with Crippen molar-refractivity contribution >= 4 is 27.8 Å². The Morgan fingerprint density at radius 1 is 1.22 bits per heavy atom. The fourth-order valence-electron chi connectivity index (χ4n) is 3.02. The number of carbonyl (C=O) groups excluding carboxylic acids is 2. The number of nitrogens with one attached hydrogen (secondary N) is 1. The van der Waals surface area contributed by atoms with Gasteiger partial charge in [0.25, 0.3) is 0 Å². The highest BCUT2D eigenvalue weighted by atomic mass is 79.9. The molecule has 1 N–H and O–H groups in total. The minimum atomic E-state index is -0.567. The Labute approximate surface area is 195 Å². The Morgan fingerprint density at radius 3 is 2.69 bits per heavy atom. The molecule has 8 nitrogen and oxygen atoms in total. The third kappa shape index (κ3) is 6.06. The van der Waals surface area contributed by atoms with Crippen molar-refractivity contribution in [3.63, 3.8) is 0 Å². The van der Waals surface area contributed by atoms with Gasteiger partial charge in [-0.15, -0.1) is 0 Å². The number of carbonyl (C=O) groups is 2. The molecule has 0 saturated heterocycles. The van der Waals surface area contributed by atoms with Gasteiger partial charge in [-0.05, 0) is 33.3 Å². The topological polar surface area (TPSA) is 101 Å². The number of aromatic amines is 1. The van der Waals surface area contributed by atoms with Crippen molar-refractivity contribution < 1.29 is 18.7 Å². The van der Waals surface area contributed by atoms with Gasteiger partial charge in [0.1, 0.15) is 17.1 Å². The second-order valence-corrected chi connectivity index (χ2v) is 8.87. The molecule has 0 bridgehead atoms. The number of Topliss-reactive ketones (excluding diaryl/α,β-unsaturated/α-hetero) is 1. The van der Waals surface area contributed by atoms with Gasteiger partial charge in [-0.3, -0.25) is 4.79 Å². The summed E-state index contributed by atoms with van der Waals surface area (Å²) in [4.78, 5) is 37.9. The van der Waals surface area contributed by atoms with E-state index in [0.717, 1.165) is 12.0 Å². The Morgan fingerprint density at radius 2 is 2.00 bits per heavy atom. The summed E-state index contributed by atoms with van der Waals surface area (Å²) in [5.41, 5.74) is 1.38. The number of rotatable bonds is 8. The van der Waals surface area contributed by atoms with Gasteiger partial charge in [0.15, 0.2) is 11.5 Å². The molecular formula is C23H27BrN4O4. The van der Waals surface area contributed by atoms with Gasteiger partial charge in [0, 0.05) is 17.7 Å². The van der Waals surface area contributed by atoms with Gasteiger partial charge in [0.2, 0.25) is 5.89 Å². The van der Waals surface area contributed by atoms with Gasteiger partial charge >= 0.3 is 6.09 Å². The van der Waals surface area contributed by atoms with Crippen molar-refractivity contribution in [3.8, 4) is 22.9 Å². The molecule has 0 fully saturated rings. The fourth-order valence-corrected chi connectivity index (χ4v) is 3.34. The summed E-state index contributed by atoms with van der Waals surface area (Å²) in [5, 5.41) is 0.257. The quantitative estimate of drug-likeness (QED) is 0.324. The molecule has 170 valence electrons. The van der Waals surface area contributed by atoms with E-state index < -0.39 is 5.60 Å². The molecule has 3 aromatic rings. The number of aromatic nitrogens is 3. The zero-order chi connectivity index (χ0) is 23.3. The number of H-pyrrole nitrogens is 1. The number of nitrogens with zero attached hydrogens (tertiary/aromatic N) is 3. The summed E-state index contributed by atoms with van der Waals surface area (Å²) in [6.45, 7) is 8.35. The molecule has 0 spiro atoms. The number of alkyl halides is 1. The minimum absolute atomic E-state index is 0.00795. The van der Waals surface area contributed by atoms with Gasteiger partial charge in [0.05, 0.1) is 24.3 Å². The maximum absolute atomic E-state index is 12.5. The summed E-state index contributed by atoms with van der Waals surface area (Å²) in [5.74, 6) is 1.51. The molecule has 2 heterocycles. The highest BCUT2D eigenvalue weighted by molar-refractivity contribution is 9.09. The average Bonchev–Trinajstić information content (AvgIpc) is 3.41. The monoisotopic (exact) mass is 502 g/mol. The molecule has 0 saturated carbocycles. The van der Waals surface area contributed by atoms with Crippen LogP contribution in [0, 0.1) is 0 Å². The molecule has 1 aromatic carbocycles. The van der Waals surface area contributed by atoms with Gasteiger partial charge in [-0.2, -0.15) is 0 Å². The Bertz CT molecular complexity index is 1080. The molecule has 0 aliphatic carbocycles. The summed E-state index contributed by atoms with van der Waals surface area (Å²) < 4.78 is 11.4. The van der Waals surface area contributed by atoms with E-state index in [2.05, 4.69) is 30.9 Å². The molecule has 3 rings (SSSR count). The largest absolute Gasteiger partial charge is 0.444 e. The van der Waals surface area contributed by atoms with E-state index in [4.69, 9.17) is 9.15 Å². The second-order valence-electron chi connectivity index (χ2n) is 8.31. The minimum Gasteiger partial charge on any atom is -0.444 e. The van der Waals surface area contributed by atoms with Crippen LogP contribution in [-0.2, 0) is 11.3 Å². The predicted octanol–water partition coefficient (Wildman–Crippen LogP) is 5.46. The number of imidazole rings is 1. The van der Waals surface area contributed by atoms with E-state index in [0.29, 0.717) is 35.3 Å². The van der Waals surface area contributed by atoms with E-state index in [1.54, 1.807) is 35.5 Å². The zero-order valence-corrected chi connectivity index (χ0v) is 20.2. The van der Waals surface area contributed by atoms with Crippen LogP contribution < -0.4 is 0 Å². The van der Waals surface area contributed by atoms with Crippen LogP contribution in [0.4, 0.5) is 4.79 Å². The van der Waals surface area contributed by atoms with Crippen molar-refractivity contribution in [3.05, 3.63) is 48.0 Å². The van der Waals surface area contributed by atoms with Crippen LogP contribution in [0.25, 0.3) is 22.9 Å². The SMILES string of the molecule is CCCN(Cc1ncc(-c2ncc(-c3cccc(C(=O)CBr)c3)o2)[nH]1)C(=O)OC(C)(C)C. The predicted molar refractivity (Wildman–Crippen MR) is 125 cm³/mol. The number of hydrogen-bond acceptors (Lipinski definition) is 6. The van der Waals surface area contributed by atoms with E-state index in [1.807, 2.05) is 33.8 Å². The van der Waals surface area contributed by atoms with Gasteiger partial charge < -0.3 is 19.0 Å². The first-order valence-corrected chi connectivity index (χ1v) is 11.5. The smallest absolute Gasteiger partial charge is 0.410 e. The summed E-state index contributed by atoms with van der Waals surface area (Å²) in [6.07, 6.45) is 3.65. The molecule has 9 heteroatoms. The van der Waals surface area contributed by atoms with Crippen LogP contribution in [0.15, 0.2) is 41.1 Å². The van der Waals surface area contributed by atoms with E-state index in [1.165, 1.54) is 0 Å². The van der Waals surface area contributed by atoms with E-state index in [9.17, 15) is 9.59 Å². The number of halogens is 1. The maximum atomic E-state index is 12.5. The standard InChI is InChI=1S/C23H27BrN4O4/c1-5-9-28(22(30)32-23(2,3)4)14-20-25-12-17(27-20)21-26-13-19(31-21)16-8-6-7-15(10-16)18(29)11-24/h6-8,10,12-13H,5,9,11,14H2,1-4H3,(H,25,27). The van der Waals surface area contributed by atoms with Gasteiger partial charge in [-0.1, -0.05) is 41.1 Å². The van der Waals surface area contributed by atoms with E-state index in [-0.39, 0.29) is 23.8 Å². The number of amides is 1. The molecule has 0 aliphatic rings. The normalized spacial score (nSPS) is 11.4. The van der Waals surface area contributed by atoms with Crippen LogP contribution in [0.5, 0.6) is 0 Å². The lowest BCUT2D eigenvalue weighted by molar-refractivity contribution is 0.0229. The second kappa shape index (κ2) is 10.1. The number of oxazole rings is 1. The maximum Gasteiger partial charge on any atom is 0.410 e. The third-order valence-electron chi connectivity index (χ3n) is 4.44. The zero-order valence-electron chi connectivity index (χ0n) is 18.6. The number of ketones is 1. The average molecular weight is 503 g/mol. The molecule has 0 aliphatic heterocycles. The molecule has 32 heavy (non-hydrogen) atoms. The number of hydrogen-bond donors (Lipinski definition) is 1. The summed E-state index contributed by atoms with van der Waals surface area (Å²) >= 11 is 3.19. The van der Waals surface area contributed by atoms with Crippen LogP contribution in [-0.4, -0.2) is 49.2 Å². The molecule has 0 radical (unpaired) electrons. The summed E-state index contributed by atoms with van der Waals surface area (Å²) in [7, 11) is 0. The number of ether oxygens (including phenoxy) is 1. The molecule has 0 atom stereocenters. The lowest BCUT2D eigenvalue weighted by Crippen LogP contribution is -2.37. The Hall–Kier alpha value is -2.94. The Kier molecular flexibility index (Phi) is 7.50.